The van der Waals surface area contributed by atoms with E-state index in [0.717, 1.165) is 3.97 Å². The second-order valence-corrected chi connectivity index (χ2v) is 11.4. The molecule has 0 N–H and O–H groups in total. The predicted molar refractivity (Wildman–Crippen MR) is 138 cm³/mol. The van der Waals surface area contributed by atoms with E-state index in [4.69, 9.17) is 14.2 Å². The van der Waals surface area contributed by atoms with E-state index in [1.165, 1.54) is 41.4 Å². The van der Waals surface area contributed by atoms with Crippen LogP contribution in [0.5, 0.6) is 0 Å². The van der Waals surface area contributed by atoms with Crippen molar-refractivity contribution in [1.29, 1.82) is 0 Å². The Kier molecular flexibility index (Phi) is 9.12. The van der Waals surface area contributed by atoms with Gasteiger partial charge in [0.05, 0.1) is 37.0 Å². The van der Waals surface area contributed by atoms with Crippen LogP contribution in [0.1, 0.15) is 31.9 Å². The Labute approximate surface area is 217 Å². The zero-order chi connectivity index (χ0) is 27.2. The Morgan fingerprint density at radius 3 is 2.43 bits per heavy atom. The molecule has 1 heterocycles. The number of hydrogen-bond donors (Lipinski definition) is 0. The number of rotatable bonds is 10. The van der Waals surface area contributed by atoms with Crippen molar-refractivity contribution in [2.75, 3.05) is 27.4 Å². The summed E-state index contributed by atoms with van der Waals surface area (Å²) >= 11 is 0. The van der Waals surface area contributed by atoms with Crippen LogP contribution in [0, 0.1) is 5.82 Å². The van der Waals surface area contributed by atoms with Crippen LogP contribution in [0.3, 0.4) is 0 Å². The second-order valence-electron chi connectivity index (χ2n) is 9.54. The molecule has 0 bridgehead atoms. The first-order chi connectivity index (χ1) is 17.4. The summed E-state index contributed by atoms with van der Waals surface area (Å²) in [5.74, 6) is -0.565. The molecule has 2 aromatic carbocycles. The fraction of sp³-hybridized carbons (Fsp3) is 0.370. The number of amides is 1. The highest BCUT2D eigenvalue weighted by atomic mass is 32.2. The van der Waals surface area contributed by atoms with E-state index in [0.29, 0.717) is 24.3 Å². The van der Waals surface area contributed by atoms with Gasteiger partial charge in [-0.1, -0.05) is 24.3 Å². The van der Waals surface area contributed by atoms with Gasteiger partial charge in [0.25, 0.3) is 10.0 Å². The summed E-state index contributed by atoms with van der Waals surface area (Å²) in [6.07, 6.45) is 0.844. The lowest BCUT2D eigenvalue weighted by molar-refractivity contribution is 0.0285. The van der Waals surface area contributed by atoms with Crippen molar-refractivity contribution in [3.8, 4) is 11.3 Å². The van der Waals surface area contributed by atoms with Crippen LogP contribution in [0.2, 0.25) is 0 Å². The lowest BCUT2D eigenvalue weighted by Gasteiger charge is -2.24. The van der Waals surface area contributed by atoms with E-state index in [-0.39, 0.29) is 29.3 Å². The molecule has 0 aliphatic heterocycles. The van der Waals surface area contributed by atoms with Crippen LogP contribution >= 0.6 is 0 Å². The van der Waals surface area contributed by atoms with Gasteiger partial charge in [-0.15, -0.1) is 0 Å². The van der Waals surface area contributed by atoms with Gasteiger partial charge in [0.15, 0.2) is 0 Å². The van der Waals surface area contributed by atoms with Crippen LogP contribution < -0.4 is 0 Å². The minimum atomic E-state index is -4.12. The van der Waals surface area contributed by atoms with Crippen LogP contribution in [0.4, 0.5) is 9.18 Å². The average molecular weight is 533 g/mol. The van der Waals surface area contributed by atoms with Gasteiger partial charge in [-0.05, 0) is 62.2 Å². The summed E-state index contributed by atoms with van der Waals surface area (Å²) in [6, 6.07) is 13.9. The maximum Gasteiger partial charge on any atom is 0.410 e. The number of aromatic nitrogens is 1. The molecule has 37 heavy (non-hydrogen) atoms. The van der Waals surface area contributed by atoms with E-state index < -0.39 is 27.5 Å². The summed E-state index contributed by atoms with van der Waals surface area (Å²) in [4.78, 5) is 13.8. The van der Waals surface area contributed by atoms with Crippen LogP contribution in [0.15, 0.2) is 65.7 Å². The Balaban J connectivity index is 1.99. The van der Waals surface area contributed by atoms with E-state index >= 15 is 0 Å². The van der Waals surface area contributed by atoms with Gasteiger partial charge in [0, 0.05) is 25.9 Å². The molecule has 0 aliphatic rings. The summed E-state index contributed by atoms with van der Waals surface area (Å²) in [7, 11) is -1.00. The van der Waals surface area contributed by atoms with Crippen molar-refractivity contribution < 1.29 is 31.8 Å². The molecule has 0 atom stereocenters. The normalized spacial score (nSPS) is 11.9. The highest BCUT2D eigenvalue weighted by Gasteiger charge is 2.25. The first-order valence-corrected chi connectivity index (χ1v) is 13.2. The van der Waals surface area contributed by atoms with Crippen molar-refractivity contribution in [3.63, 3.8) is 0 Å². The molecule has 0 saturated carbocycles. The lowest BCUT2D eigenvalue weighted by Crippen LogP contribution is -2.33. The first kappa shape index (κ1) is 28.4. The minimum Gasteiger partial charge on any atom is -0.444 e. The number of carbonyl (C=O) groups is 1. The molecule has 0 aliphatic carbocycles. The van der Waals surface area contributed by atoms with Gasteiger partial charge >= 0.3 is 6.09 Å². The summed E-state index contributed by atoms with van der Waals surface area (Å²) in [6.45, 7) is 6.35. The summed E-state index contributed by atoms with van der Waals surface area (Å²) in [5.41, 5.74) is 0.747. The molecule has 10 heteroatoms. The van der Waals surface area contributed by atoms with Gasteiger partial charge in [-0.3, -0.25) is 0 Å². The third-order valence-corrected chi connectivity index (χ3v) is 6.94. The van der Waals surface area contributed by atoms with Crippen LogP contribution in [-0.2, 0) is 37.4 Å². The fourth-order valence-corrected chi connectivity index (χ4v) is 5.03. The largest absolute Gasteiger partial charge is 0.444 e. The topological polar surface area (TPSA) is 87.1 Å². The number of benzene rings is 2. The number of nitrogens with zero attached hydrogens (tertiary/aromatic N) is 2. The quantitative estimate of drug-likeness (QED) is 0.339. The zero-order valence-corrected chi connectivity index (χ0v) is 22.5. The van der Waals surface area contributed by atoms with E-state index in [2.05, 4.69) is 0 Å². The van der Waals surface area contributed by atoms with Gasteiger partial charge in [-0.25, -0.2) is 21.6 Å². The smallest absolute Gasteiger partial charge is 0.410 e. The van der Waals surface area contributed by atoms with Crippen LogP contribution in [0.25, 0.3) is 11.3 Å². The highest BCUT2D eigenvalue weighted by Crippen LogP contribution is 2.30. The SMILES string of the molecule is COCCOCc1cccc(S(=O)(=O)n2cc(CN(C)C(=O)OC(C)(C)C)cc2-c2ccccc2F)c1. The molecular formula is C27H33FN2O6S. The molecule has 0 saturated heterocycles. The Morgan fingerprint density at radius 1 is 1.03 bits per heavy atom. The molecule has 0 spiro atoms. The maximum absolute atomic E-state index is 14.8. The average Bonchev–Trinajstić information content (AvgIpc) is 3.25. The van der Waals surface area contributed by atoms with Gasteiger partial charge in [0.1, 0.15) is 11.4 Å². The fourth-order valence-electron chi connectivity index (χ4n) is 3.57. The monoisotopic (exact) mass is 532 g/mol. The number of carbonyl (C=O) groups excluding carboxylic acids is 1. The van der Waals surface area contributed by atoms with Crippen molar-refractivity contribution in [1.82, 2.24) is 8.87 Å². The minimum absolute atomic E-state index is 0.0283. The van der Waals surface area contributed by atoms with Crippen molar-refractivity contribution in [2.24, 2.45) is 0 Å². The Hall–Kier alpha value is -3.21. The maximum atomic E-state index is 14.8. The van der Waals surface area contributed by atoms with Gasteiger partial charge in [-0.2, -0.15) is 0 Å². The number of hydrogen-bond acceptors (Lipinski definition) is 6. The van der Waals surface area contributed by atoms with E-state index in [1.54, 1.807) is 59.2 Å². The van der Waals surface area contributed by atoms with E-state index in [1.807, 2.05) is 0 Å². The molecule has 3 aromatic rings. The number of ether oxygens (including phenoxy) is 3. The zero-order valence-electron chi connectivity index (χ0n) is 21.7. The summed E-state index contributed by atoms with van der Waals surface area (Å²) < 4.78 is 59.2. The lowest BCUT2D eigenvalue weighted by atomic mass is 10.1. The standard InChI is InChI=1S/C27H33FN2O6S/c1-27(2,3)36-26(31)29(4)17-21-16-25(23-11-6-7-12-24(23)28)30(18-21)37(32,33)22-10-8-9-20(15-22)19-35-14-13-34-5/h6-12,15-16,18H,13-14,17,19H2,1-5H3. The molecular weight excluding hydrogens is 499 g/mol. The van der Waals surface area contributed by atoms with Crippen molar-refractivity contribution >= 4 is 16.1 Å². The number of methoxy groups -OCH3 is 1. The number of halogens is 1. The molecule has 0 fully saturated rings. The first-order valence-electron chi connectivity index (χ1n) is 11.7. The highest BCUT2D eigenvalue weighted by molar-refractivity contribution is 7.90. The Bertz CT molecular complexity index is 1330. The van der Waals surface area contributed by atoms with Crippen LogP contribution in [-0.4, -0.2) is 56.4 Å². The Morgan fingerprint density at radius 2 is 1.76 bits per heavy atom. The molecule has 1 amide bonds. The molecule has 0 radical (unpaired) electrons. The summed E-state index contributed by atoms with van der Waals surface area (Å²) in [5, 5.41) is 0. The molecule has 8 nitrogen and oxygen atoms in total. The van der Waals surface area contributed by atoms with Crippen molar-refractivity contribution in [2.45, 2.75) is 44.4 Å². The third-order valence-electron chi connectivity index (χ3n) is 5.27. The third kappa shape index (κ3) is 7.41. The molecule has 1 aromatic heterocycles. The second kappa shape index (κ2) is 11.9. The van der Waals surface area contributed by atoms with Gasteiger partial charge < -0.3 is 19.1 Å². The van der Waals surface area contributed by atoms with Gasteiger partial charge in [0.2, 0.25) is 0 Å². The molecule has 200 valence electrons. The molecule has 0 unspecified atom stereocenters. The predicted octanol–water partition coefficient (Wildman–Crippen LogP) is 5.06. The van der Waals surface area contributed by atoms with Crippen molar-refractivity contribution in [3.05, 3.63) is 77.7 Å². The van der Waals surface area contributed by atoms with E-state index in [9.17, 15) is 17.6 Å². The molecule has 3 rings (SSSR count).